The summed E-state index contributed by atoms with van der Waals surface area (Å²) in [6.07, 6.45) is 38.6. The number of hydrogen-bond donors (Lipinski definition) is 0. The Morgan fingerprint density at radius 2 is 0.441 bits per heavy atom. The SMILES string of the molecule is CCC.CCC.CCC.CN1C=CN(N2C=CN(C)[CH-]2)[CH-]1.CN1C=CN(N2C=CN(C)[CH-]2)[CH-]1.CN1C=CN(N2C=CN(C)[CH-]2)[CH-]1.Cc1cc2cccnc2c2ncccc12.Cc1cc2cccnc2c2ncccc12.Cc1cc2cccnc2c2ncccc12.[Os+2].[Os+2].[Os+2]. The third-order valence-electron chi connectivity index (χ3n) is 13.3. The van der Waals surface area contributed by atoms with E-state index >= 15 is 0 Å². The molecule has 9 aromatic rings. The van der Waals surface area contributed by atoms with Crippen LogP contribution in [0.4, 0.5) is 0 Å². The number of aromatic nitrogens is 6. The molecule has 6 aliphatic heterocycles. The molecule has 0 saturated carbocycles. The second-order valence-electron chi connectivity index (χ2n) is 21.9. The summed E-state index contributed by atoms with van der Waals surface area (Å²) in [6.45, 7) is 31.1. The van der Waals surface area contributed by atoms with Gasteiger partial charge in [0, 0.05) is 107 Å². The fourth-order valence-electron chi connectivity index (χ4n) is 9.31. The topological polar surface area (TPSA) is 116 Å². The summed E-state index contributed by atoms with van der Waals surface area (Å²) in [5, 5.41) is 19.0. The number of benzene rings is 3. The van der Waals surface area contributed by atoms with Gasteiger partial charge < -0.3 is 59.5 Å². The van der Waals surface area contributed by atoms with Crippen LogP contribution >= 0.6 is 0 Å². The molecule has 0 radical (unpaired) electrons. The molecular formula is C72H90N18Os3. The zero-order valence-electron chi connectivity index (χ0n) is 56.2. The molecule has 492 valence electrons. The van der Waals surface area contributed by atoms with Crippen LogP contribution in [0.2, 0.25) is 0 Å². The first-order valence-electron chi connectivity index (χ1n) is 30.6. The van der Waals surface area contributed by atoms with Gasteiger partial charge in [0.05, 0.1) is 33.1 Å². The van der Waals surface area contributed by atoms with Crippen LogP contribution in [0.3, 0.4) is 0 Å². The van der Waals surface area contributed by atoms with Gasteiger partial charge in [-0.1, -0.05) is 97.2 Å². The summed E-state index contributed by atoms with van der Waals surface area (Å²) in [6, 6.07) is 30.7. The van der Waals surface area contributed by atoms with Crippen molar-refractivity contribution in [1.82, 2.24) is 89.4 Å². The smallest absolute Gasteiger partial charge is 0.509 e. The van der Waals surface area contributed by atoms with Crippen LogP contribution in [0.15, 0.2) is 203 Å². The van der Waals surface area contributed by atoms with Crippen LogP contribution < -0.4 is 0 Å². The van der Waals surface area contributed by atoms with Gasteiger partial charge >= 0.3 is 59.4 Å². The maximum Gasteiger partial charge on any atom is 2.00 e. The van der Waals surface area contributed by atoms with Crippen LogP contribution in [0.1, 0.15) is 77.5 Å². The Kier molecular flexibility index (Phi) is 33.0. The Bertz CT molecular complexity index is 3430. The average molecular weight is 1780 g/mol. The molecular weight excluding hydrogens is 1690 g/mol. The Balaban J connectivity index is 0.000000231. The minimum atomic E-state index is 0. The fourth-order valence-corrected chi connectivity index (χ4v) is 9.31. The van der Waals surface area contributed by atoms with Crippen LogP contribution in [0, 0.1) is 60.8 Å². The van der Waals surface area contributed by atoms with Crippen molar-refractivity contribution in [2.45, 2.75) is 81.6 Å². The molecule has 93 heavy (non-hydrogen) atoms. The number of rotatable bonds is 3. The van der Waals surface area contributed by atoms with Crippen LogP contribution in [-0.2, 0) is 59.4 Å². The third kappa shape index (κ3) is 22.1. The van der Waals surface area contributed by atoms with Crippen molar-refractivity contribution in [3.05, 3.63) is 259 Å². The van der Waals surface area contributed by atoms with Crippen molar-refractivity contribution in [3.63, 3.8) is 0 Å². The zero-order valence-corrected chi connectivity index (χ0v) is 63.9. The second-order valence-corrected chi connectivity index (χ2v) is 21.9. The predicted molar refractivity (Wildman–Crippen MR) is 371 cm³/mol. The van der Waals surface area contributed by atoms with E-state index in [1.165, 1.54) is 52.1 Å². The monoisotopic (exact) mass is 1780 g/mol. The van der Waals surface area contributed by atoms with Gasteiger partial charge in [0.25, 0.3) is 0 Å². The standard InChI is InChI=1S/3C13H10N2.3C8H12N4.3C3H8.3Os/c3*1-9-8-10-4-2-6-14-12(10)13-11(9)5-3-7-15-13;3*1-9-3-5-11(7-9)12-6-4-10(2)8-12;3*1-3-2;;;/h3*2-8H,1H3;3*3-8H,1-2H3;3*3H2,1-2H3;;;/q;;;3*-2;;;;3*+2. The number of pyridine rings is 6. The van der Waals surface area contributed by atoms with E-state index in [4.69, 9.17) is 0 Å². The molecule has 0 N–H and O–H groups in total. The predicted octanol–water partition coefficient (Wildman–Crippen LogP) is 15.2. The van der Waals surface area contributed by atoms with Gasteiger partial charge in [0.1, 0.15) is 0 Å². The van der Waals surface area contributed by atoms with Crippen molar-refractivity contribution in [3.8, 4) is 0 Å². The van der Waals surface area contributed by atoms with E-state index in [1.807, 2.05) is 290 Å². The van der Waals surface area contributed by atoms with E-state index in [2.05, 4.69) is 147 Å². The van der Waals surface area contributed by atoms with Gasteiger partial charge in [-0.2, -0.15) is 0 Å². The molecule has 0 spiro atoms. The molecule has 0 aliphatic carbocycles. The van der Waals surface area contributed by atoms with Crippen molar-refractivity contribution in [2.24, 2.45) is 0 Å². The summed E-state index contributed by atoms with van der Waals surface area (Å²) in [5.41, 5.74) is 9.68. The summed E-state index contributed by atoms with van der Waals surface area (Å²) >= 11 is 0. The molecule has 21 heteroatoms. The van der Waals surface area contributed by atoms with Gasteiger partial charge in [-0.15, -0.1) is 40.0 Å². The Morgan fingerprint density at radius 1 is 0.269 bits per heavy atom. The number of hydrogen-bond acceptors (Lipinski definition) is 18. The molecule has 0 fully saturated rings. The molecule has 3 aromatic carbocycles. The molecule has 18 nitrogen and oxygen atoms in total. The Hall–Kier alpha value is -7.93. The van der Waals surface area contributed by atoms with Crippen molar-refractivity contribution >= 4 is 65.4 Å². The van der Waals surface area contributed by atoms with E-state index in [0.717, 1.165) is 49.3 Å². The van der Waals surface area contributed by atoms with E-state index < -0.39 is 0 Å². The molecule has 6 aliphatic rings. The molecule has 15 rings (SSSR count). The van der Waals surface area contributed by atoms with Gasteiger partial charge in [-0.05, 0) is 172 Å². The molecule has 0 saturated heterocycles. The first-order chi connectivity index (χ1) is 43.6. The van der Waals surface area contributed by atoms with Crippen LogP contribution in [-0.4, -0.2) is 132 Å². The minimum Gasteiger partial charge on any atom is -0.509 e. The fraction of sp³-hybridized carbons (Fsp3) is 0.250. The zero-order chi connectivity index (χ0) is 64.5. The van der Waals surface area contributed by atoms with E-state index in [9.17, 15) is 0 Å². The quantitative estimate of drug-likeness (QED) is 0.123. The molecule has 6 aromatic heterocycles. The van der Waals surface area contributed by atoms with E-state index in [1.54, 1.807) is 0 Å². The first-order valence-corrected chi connectivity index (χ1v) is 30.6. The second kappa shape index (κ2) is 39.6. The molecule has 0 atom stereocenters. The Morgan fingerprint density at radius 3 is 0.613 bits per heavy atom. The van der Waals surface area contributed by atoms with Crippen LogP contribution in [0.5, 0.6) is 0 Å². The van der Waals surface area contributed by atoms with Crippen molar-refractivity contribution in [2.75, 3.05) is 42.3 Å². The molecule has 0 unspecified atom stereocenters. The average Bonchev–Trinajstić information content (AvgIpc) is 1.50. The number of nitrogens with zero attached hydrogens (tertiary/aromatic N) is 18. The number of hydrazine groups is 3. The number of fused-ring (bicyclic) bond motifs is 9. The summed E-state index contributed by atoms with van der Waals surface area (Å²) in [5.74, 6) is 0. The largest absolute Gasteiger partial charge is 2.00 e. The maximum atomic E-state index is 4.41. The van der Waals surface area contributed by atoms with Gasteiger partial charge in [-0.3, -0.25) is 29.9 Å². The van der Waals surface area contributed by atoms with Crippen LogP contribution in [0.25, 0.3) is 65.4 Å². The minimum absolute atomic E-state index is 0. The maximum absolute atomic E-state index is 4.41. The van der Waals surface area contributed by atoms with Gasteiger partial charge in [-0.25, -0.2) is 0 Å². The van der Waals surface area contributed by atoms with Crippen molar-refractivity contribution in [1.29, 1.82) is 0 Å². The van der Waals surface area contributed by atoms with E-state index in [-0.39, 0.29) is 59.4 Å². The normalized spacial score (nSPS) is 14.4. The first kappa shape index (κ1) is 77.5. The summed E-state index contributed by atoms with van der Waals surface area (Å²) in [4.78, 5) is 38.4. The summed E-state index contributed by atoms with van der Waals surface area (Å²) in [7, 11) is 12.0. The van der Waals surface area contributed by atoms with Gasteiger partial charge in [0.2, 0.25) is 0 Å². The molecule has 0 amide bonds. The molecule has 0 bridgehead atoms. The number of aryl methyl sites for hydroxylation is 3. The Labute approximate surface area is 593 Å². The summed E-state index contributed by atoms with van der Waals surface area (Å²) < 4.78 is 0. The van der Waals surface area contributed by atoms with Crippen molar-refractivity contribution < 1.29 is 59.4 Å². The van der Waals surface area contributed by atoms with E-state index in [0.29, 0.717) is 0 Å². The molecule has 12 heterocycles. The third-order valence-corrected chi connectivity index (χ3v) is 13.3. The van der Waals surface area contributed by atoms with Gasteiger partial charge in [0.15, 0.2) is 0 Å².